The van der Waals surface area contributed by atoms with E-state index < -0.39 is 12.1 Å². The normalized spacial score (nSPS) is 22.5. The first kappa shape index (κ1) is 36.5. The highest BCUT2D eigenvalue weighted by molar-refractivity contribution is 5.77. The molecule has 3 aromatic rings. The summed E-state index contributed by atoms with van der Waals surface area (Å²) < 4.78 is 36.1. The molecule has 0 aromatic heterocycles. The van der Waals surface area contributed by atoms with E-state index in [-0.39, 0.29) is 56.6 Å². The molecule has 0 radical (unpaired) electrons. The third-order valence-electron chi connectivity index (χ3n) is 11.2. The van der Waals surface area contributed by atoms with Gasteiger partial charge >= 0.3 is 5.97 Å². The Bertz CT molecular complexity index is 1930. The molecule has 12 nitrogen and oxygen atoms in total. The second-order valence-electron chi connectivity index (χ2n) is 14.3. The molecular formula is C41H48N4O8. The molecule has 0 aliphatic carbocycles. The highest BCUT2D eigenvalue weighted by Gasteiger charge is 2.57. The van der Waals surface area contributed by atoms with E-state index in [2.05, 4.69) is 34.3 Å². The van der Waals surface area contributed by atoms with E-state index in [9.17, 15) is 14.9 Å². The molecule has 53 heavy (non-hydrogen) atoms. The number of amides is 1. The zero-order chi connectivity index (χ0) is 37.4. The number of fused-ring (bicyclic) bond motifs is 9. The summed E-state index contributed by atoms with van der Waals surface area (Å²) >= 11 is 0. The van der Waals surface area contributed by atoms with Gasteiger partial charge in [0.05, 0.1) is 25.3 Å². The largest absolute Gasteiger partial charge is 0.493 e. The van der Waals surface area contributed by atoms with Gasteiger partial charge in [-0.05, 0) is 63.3 Å². The lowest BCUT2D eigenvalue weighted by molar-refractivity contribution is -0.134. The van der Waals surface area contributed by atoms with Gasteiger partial charge in [-0.1, -0.05) is 43.3 Å². The van der Waals surface area contributed by atoms with Crippen LogP contribution in [0.5, 0.6) is 28.7 Å². The number of hydrogen-bond donors (Lipinski definition) is 1. The van der Waals surface area contributed by atoms with Gasteiger partial charge in [0.2, 0.25) is 12.7 Å². The van der Waals surface area contributed by atoms with Crippen molar-refractivity contribution in [1.29, 1.82) is 5.26 Å². The molecule has 2 bridgehead atoms. The standard InChI is InChI=1S/C41H48N4O8/c1-7-11-33(47)53-38-24(3)39-41(52-22-51-39)35-27(38)18-29-36-34-26(16-23(2)37(49-6)40(34)50-21-48-5)17-28(44(36)4)30(19-42)45(29)31(35)20-43-32(46)15-14-25-12-9-8-10-13-25/h8-10,12-13,16,28-31,36H,7,11,14-15,17-18,20-22H2,1-6H3,(H,43,46)/t28-,29?,30+,31+,36-/m1/s1. The lowest BCUT2D eigenvalue weighted by Crippen LogP contribution is -2.68. The molecule has 0 saturated carbocycles. The summed E-state index contributed by atoms with van der Waals surface area (Å²) in [5, 5.41) is 14.3. The summed E-state index contributed by atoms with van der Waals surface area (Å²) in [7, 11) is 5.29. The van der Waals surface area contributed by atoms with E-state index >= 15 is 0 Å². The summed E-state index contributed by atoms with van der Waals surface area (Å²) in [6.45, 7) is 6.07. The zero-order valence-electron chi connectivity index (χ0n) is 31.3. The molecule has 1 unspecified atom stereocenters. The van der Waals surface area contributed by atoms with E-state index in [0.29, 0.717) is 66.4 Å². The van der Waals surface area contributed by atoms with Crippen LogP contribution in [0, 0.1) is 25.2 Å². The van der Waals surface area contributed by atoms with Crippen LogP contribution in [0.2, 0.25) is 0 Å². The van der Waals surface area contributed by atoms with Crippen LogP contribution in [0.15, 0.2) is 36.4 Å². The van der Waals surface area contributed by atoms with Crippen molar-refractivity contribution in [3.05, 3.63) is 75.3 Å². The van der Waals surface area contributed by atoms with Crippen molar-refractivity contribution in [2.45, 2.75) is 89.5 Å². The van der Waals surface area contributed by atoms with Crippen LogP contribution in [0.4, 0.5) is 0 Å². The van der Waals surface area contributed by atoms with Crippen LogP contribution >= 0.6 is 0 Å². The average Bonchev–Trinajstić information content (AvgIpc) is 3.65. The van der Waals surface area contributed by atoms with Crippen molar-refractivity contribution < 1.29 is 38.0 Å². The number of rotatable bonds is 12. The fraction of sp³-hybridized carbons (Fsp3) is 0.488. The maximum atomic E-state index is 13.5. The van der Waals surface area contributed by atoms with Gasteiger partial charge in [-0.25, -0.2) is 0 Å². The van der Waals surface area contributed by atoms with Gasteiger partial charge in [-0.3, -0.25) is 19.4 Å². The van der Waals surface area contributed by atoms with Gasteiger partial charge in [0, 0.05) is 60.8 Å². The number of nitriles is 1. The van der Waals surface area contributed by atoms with Crippen LogP contribution in [-0.4, -0.2) is 81.2 Å². The lowest BCUT2D eigenvalue weighted by atomic mass is 9.71. The number of carbonyl (C=O) groups excluding carboxylic acids is 2. The molecule has 1 fully saturated rings. The van der Waals surface area contributed by atoms with Crippen LogP contribution < -0.4 is 29.0 Å². The Hall–Kier alpha value is -4.83. The highest BCUT2D eigenvalue weighted by Crippen LogP contribution is 2.58. The van der Waals surface area contributed by atoms with E-state index in [1.807, 2.05) is 51.1 Å². The molecule has 3 aromatic carbocycles. The molecule has 4 heterocycles. The monoisotopic (exact) mass is 724 g/mol. The molecular weight excluding hydrogens is 676 g/mol. The number of nitrogens with zero attached hydrogens (tertiary/aromatic N) is 3. The van der Waals surface area contributed by atoms with Gasteiger partial charge in [0.25, 0.3) is 0 Å². The maximum absolute atomic E-state index is 13.5. The highest BCUT2D eigenvalue weighted by atomic mass is 16.7. The Labute approximate surface area is 310 Å². The van der Waals surface area contributed by atoms with Crippen molar-refractivity contribution >= 4 is 11.9 Å². The van der Waals surface area contributed by atoms with Gasteiger partial charge in [0.1, 0.15) is 11.8 Å². The number of hydrogen-bond acceptors (Lipinski definition) is 11. The van der Waals surface area contributed by atoms with Crippen LogP contribution in [0.25, 0.3) is 0 Å². The molecule has 0 spiro atoms. The summed E-state index contributed by atoms with van der Waals surface area (Å²) in [4.78, 5) is 31.3. The molecule has 1 N–H and O–H groups in total. The lowest BCUT2D eigenvalue weighted by Gasteiger charge is -2.60. The maximum Gasteiger partial charge on any atom is 0.311 e. The number of likely N-dealkylation sites (N-methyl/N-ethyl adjacent to an activating group) is 1. The summed E-state index contributed by atoms with van der Waals surface area (Å²) in [5.41, 5.74) is 6.36. The smallest absolute Gasteiger partial charge is 0.311 e. The van der Waals surface area contributed by atoms with Crippen LogP contribution in [0.1, 0.15) is 77.2 Å². The van der Waals surface area contributed by atoms with E-state index in [1.165, 1.54) is 0 Å². The molecule has 4 aliphatic heterocycles. The summed E-state index contributed by atoms with van der Waals surface area (Å²) in [5.74, 6) is 2.35. The Morgan fingerprint density at radius 2 is 1.77 bits per heavy atom. The number of aryl methyl sites for hydroxylation is 2. The minimum absolute atomic E-state index is 0.0109. The first-order chi connectivity index (χ1) is 25.7. The van der Waals surface area contributed by atoms with E-state index in [4.69, 9.17) is 28.4 Å². The number of ether oxygens (including phenoxy) is 6. The number of methoxy groups -OCH3 is 2. The minimum atomic E-state index is -0.551. The number of carbonyl (C=O) groups is 2. The van der Waals surface area contributed by atoms with Crippen LogP contribution in [0.3, 0.4) is 0 Å². The fourth-order valence-corrected chi connectivity index (χ4v) is 8.98. The van der Waals surface area contributed by atoms with Crippen molar-refractivity contribution in [2.75, 3.05) is 41.4 Å². The minimum Gasteiger partial charge on any atom is -0.493 e. The SMILES string of the molecule is CCCC(=O)Oc1c(C)c2c(c3c1CC1[C@@H]4c5c(cc(C)c(OC)c5OCOC)C[C@H]([C@H](C#N)N1[C@H]3CNC(=O)CCc1ccccc1)N4C)OCO2. The number of piperazine rings is 1. The van der Waals surface area contributed by atoms with E-state index in [0.717, 1.165) is 33.4 Å². The van der Waals surface area contributed by atoms with Gasteiger partial charge in [-0.15, -0.1) is 0 Å². The second-order valence-corrected chi connectivity index (χ2v) is 14.3. The summed E-state index contributed by atoms with van der Waals surface area (Å²) in [6, 6.07) is 12.9. The molecule has 12 heteroatoms. The number of benzene rings is 3. The van der Waals surface area contributed by atoms with Gasteiger partial charge in [-0.2, -0.15) is 5.26 Å². The molecule has 280 valence electrons. The van der Waals surface area contributed by atoms with Crippen molar-refractivity contribution in [3.8, 4) is 34.8 Å². The van der Waals surface area contributed by atoms with Gasteiger partial charge in [0.15, 0.2) is 29.8 Å². The first-order valence-corrected chi connectivity index (χ1v) is 18.4. The Kier molecular flexibility index (Phi) is 10.5. The topological polar surface area (TPSA) is 132 Å². The third-order valence-corrected chi connectivity index (χ3v) is 11.2. The number of esters is 1. The molecule has 1 saturated heterocycles. The fourth-order valence-electron chi connectivity index (χ4n) is 8.98. The second kappa shape index (κ2) is 15.3. The van der Waals surface area contributed by atoms with Crippen molar-refractivity contribution in [2.24, 2.45) is 0 Å². The van der Waals surface area contributed by atoms with Crippen LogP contribution in [-0.2, 0) is 33.6 Å². The Morgan fingerprint density at radius 3 is 2.49 bits per heavy atom. The van der Waals surface area contributed by atoms with E-state index in [1.54, 1.807) is 14.2 Å². The molecule has 5 atom stereocenters. The summed E-state index contributed by atoms with van der Waals surface area (Å²) in [6.07, 6.45) is 2.84. The quantitative estimate of drug-likeness (QED) is 0.149. The number of nitrogens with one attached hydrogen (secondary N) is 1. The predicted molar refractivity (Wildman–Crippen MR) is 195 cm³/mol. The van der Waals surface area contributed by atoms with Crippen molar-refractivity contribution in [1.82, 2.24) is 15.1 Å². The predicted octanol–water partition coefficient (Wildman–Crippen LogP) is 5.25. The Balaban J connectivity index is 1.38. The van der Waals surface area contributed by atoms with Gasteiger partial charge < -0.3 is 33.7 Å². The zero-order valence-corrected chi connectivity index (χ0v) is 31.3. The first-order valence-electron chi connectivity index (χ1n) is 18.4. The molecule has 4 aliphatic rings. The van der Waals surface area contributed by atoms with Crippen molar-refractivity contribution in [3.63, 3.8) is 0 Å². The molecule has 7 rings (SSSR count). The molecule has 1 amide bonds. The Morgan fingerprint density at radius 1 is 1.00 bits per heavy atom. The average molecular weight is 725 g/mol. The third kappa shape index (κ3) is 6.45.